The molecule has 2 N–H and O–H groups in total. The van der Waals surface area contributed by atoms with Gasteiger partial charge in [0, 0.05) is 6.54 Å². The Morgan fingerprint density at radius 2 is 1.95 bits per heavy atom. The molecular weight excluding hydrogens is 266 g/mol. The first-order valence-electron chi connectivity index (χ1n) is 7.09. The summed E-state index contributed by atoms with van der Waals surface area (Å²) < 4.78 is 23.6. The highest BCUT2D eigenvalue weighted by Crippen LogP contribution is 2.20. The maximum absolute atomic E-state index is 11.9. The van der Waals surface area contributed by atoms with E-state index in [4.69, 9.17) is 0 Å². The second kappa shape index (κ2) is 7.24. The summed E-state index contributed by atoms with van der Waals surface area (Å²) in [5.74, 6) is -0.215. The Morgan fingerprint density at radius 3 is 2.47 bits per heavy atom. The zero-order valence-electron chi connectivity index (χ0n) is 11.8. The van der Waals surface area contributed by atoms with Crippen molar-refractivity contribution < 1.29 is 18.3 Å². The Labute approximate surface area is 115 Å². The predicted molar refractivity (Wildman–Crippen MR) is 74.5 cm³/mol. The summed E-state index contributed by atoms with van der Waals surface area (Å²) in [4.78, 5) is 11.9. The molecule has 1 aliphatic heterocycles. The van der Waals surface area contributed by atoms with Crippen LogP contribution in [-0.2, 0) is 14.6 Å². The van der Waals surface area contributed by atoms with Gasteiger partial charge in [-0.2, -0.15) is 0 Å². The first-order valence-corrected chi connectivity index (χ1v) is 8.81. The molecule has 0 bridgehead atoms. The summed E-state index contributed by atoms with van der Waals surface area (Å²) in [7, 11) is -3.30. The molecule has 0 radical (unpaired) electrons. The van der Waals surface area contributed by atoms with Crippen LogP contribution >= 0.6 is 0 Å². The number of carbonyl (C=O) groups is 1. The highest BCUT2D eigenvalue weighted by molar-refractivity contribution is 7.92. The fourth-order valence-electron chi connectivity index (χ4n) is 2.57. The normalized spacial score (nSPS) is 24.1. The summed E-state index contributed by atoms with van der Waals surface area (Å²) in [6.07, 6.45) is 2.89. The van der Waals surface area contributed by atoms with Crippen LogP contribution in [0.25, 0.3) is 0 Å². The molecule has 112 valence electrons. The SMILES string of the molecule is CCC(CC)C(O)CNC(=O)C1CCCCS1(=O)=O. The lowest BCUT2D eigenvalue weighted by molar-refractivity contribution is -0.121. The minimum atomic E-state index is -3.30. The number of hydrogen-bond donors (Lipinski definition) is 2. The Kier molecular flexibility index (Phi) is 6.26. The Morgan fingerprint density at radius 1 is 1.32 bits per heavy atom. The van der Waals surface area contributed by atoms with Crippen molar-refractivity contribution in [3.8, 4) is 0 Å². The van der Waals surface area contributed by atoms with Gasteiger partial charge < -0.3 is 10.4 Å². The van der Waals surface area contributed by atoms with Gasteiger partial charge in [-0.25, -0.2) is 8.42 Å². The molecule has 19 heavy (non-hydrogen) atoms. The van der Waals surface area contributed by atoms with Gasteiger partial charge in [0.1, 0.15) is 5.25 Å². The van der Waals surface area contributed by atoms with Gasteiger partial charge in [-0.1, -0.05) is 33.1 Å². The van der Waals surface area contributed by atoms with Crippen molar-refractivity contribution in [2.24, 2.45) is 5.92 Å². The van der Waals surface area contributed by atoms with E-state index in [1.54, 1.807) is 0 Å². The molecule has 1 rings (SSSR count). The van der Waals surface area contributed by atoms with Crippen molar-refractivity contribution in [2.75, 3.05) is 12.3 Å². The zero-order chi connectivity index (χ0) is 14.5. The molecule has 2 unspecified atom stereocenters. The highest BCUT2D eigenvalue weighted by Gasteiger charge is 2.34. The van der Waals surface area contributed by atoms with Crippen molar-refractivity contribution in [2.45, 2.75) is 57.3 Å². The van der Waals surface area contributed by atoms with E-state index < -0.39 is 27.1 Å². The van der Waals surface area contributed by atoms with Crippen LogP contribution in [0.3, 0.4) is 0 Å². The number of carbonyl (C=O) groups excluding carboxylic acids is 1. The molecule has 0 aromatic carbocycles. The number of nitrogens with one attached hydrogen (secondary N) is 1. The van der Waals surface area contributed by atoms with E-state index in [0.29, 0.717) is 12.8 Å². The molecule has 0 aromatic heterocycles. The van der Waals surface area contributed by atoms with Crippen LogP contribution in [0.15, 0.2) is 0 Å². The second-order valence-corrected chi connectivity index (χ2v) is 7.54. The summed E-state index contributed by atoms with van der Waals surface area (Å²) in [5.41, 5.74) is 0. The fourth-order valence-corrected chi connectivity index (χ4v) is 4.39. The molecule has 0 aliphatic carbocycles. The largest absolute Gasteiger partial charge is 0.391 e. The number of rotatable bonds is 6. The molecule has 0 spiro atoms. The van der Waals surface area contributed by atoms with Gasteiger partial charge >= 0.3 is 0 Å². The third-order valence-corrected chi connectivity index (χ3v) is 6.12. The standard InChI is InChI=1S/C13H25NO4S/c1-3-10(4-2)11(15)9-14-13(16)12-7-5-6-8-19(12,17)18/h10-12,15H,3-9H2,1-2H3,(H,14,16). The molecule has 2 atom stereocenters. The van der Waals surface area contributed by atoms with E-state index in [1.807, 2.05) is 13.8 Å². The zero-order valence-corrected chi connectivity index (χ0v) is 12.6. The molecule has 5 nitrogen and oxygen atoms in total. The van der Waals surface area contributed by atoms with Gasteiger partial charge in [0.25, 0.3) is 0 Å². The molecule has 6 heteroatoms. The van der Waals surface area contributed by atoms with Crippen molar-refractivity contribution >= 4 is 15.7 Å². The van der Waals surface area contributed by atoms with Gasteiger partial charge in [-0.3, -0.25) is 4.79 Å². The van der Waals surface area contributed by atoms with Crippen molar-refractivity contribution in [1.29, 1.82) is 0 Å². The van der Waals surface area contributed by atoms with Crippen LogP contribution in [0.2, 0.25) is 0 Å². The van der Waals surface area contributed by atoms with Crippen LogP contribution in [0, 0.1) is 5.92 Å². The average Bonchev–Trinajstić information content (AvgIpc) is 2.37. The number of aliphatic hydroxyl groups is 1. The summed E-state index contributed by atoms with van der Waals surface area (Å²) in [5, 5.41) is 11.6. The van der Waals surface area contributed by atoms with E-state index >= 15 is 0 Å². The van der Waals surface area contributed by atoms with Crippen LogP contribution < -0.4 is 5.32 Å². The average molecular weight is 291 g/mol. The van der Waals surface area contributed by atoms with E-state index in [9.17, 15) is 18.3 Å². The van der Waals surface area contributed by atoms with Gasteiger partial charge in [0.15, 0.2) is 9.84 Å². The van der Waals surface area contributed by atoms with Crippen LogP contribution in [0.4, 0.5) is 0 Å². The number of aliphatic hydroxyl groups excluding tert-OH is 1. The van der Waals surface area contributed by atoms with Gasteiger partial charge in [0.2, 0.25) is 5.91 Å². The number of hydrogen-bond acceptors (Lipinski definition) is 4. The number of amides is 1. The summed E-state index contributed by atoms with van der Waals surface area (Å²) in [6, 6.07) is 0. The minimum Gasteiger partial charge on any atom is -0.391 e. The lowest BCUT2D eigenvalue weighted by Crippen LogP contribution is -2.46. The van der Waals surface area contributed by atoms with E-state index in [1.165, 1.54) is 0 Å². The third-order valence-electron chi connectivity index (χ3n) is 3.95. The lowest BCUT2D eigenvalue weighted by atomic mass is 9.96. The molecule has 0 aromatic rings. The molecule has 1 heterocycles. The topological polar surface area (TPSA) is 83.5 Å². The molecule has 1 aliphatic rings. The summed E-state index contributed by atoms with van der Waals surface area (Å²) >= 11 is 0. The highest BCUT2D eigenvalue weighted by atomic mass is 32.2. The monoisotopic (exact) mass is 291 g/mol. The van der Waals surface area contributed by atoms with Gasteiger partial charge in [0.05, 0.1) is 11.9 Å². The summed E-state index contributed by atoms with van der Waals surface area (Å²) in [6.45, 7) is 4.12. The fraction of sp³-hybridized carbons (Fsp3) is 0.923. The van der Waals surface area contributed by atoms with E-state index in [0.717, 1.165) is 19.3 Å². The first-order chi connectivity index (χ1) is 8.92. The molecule has 0 saturated carbocycles. The van der Waals surface area contributed by atoms with Crippen LogP contribution in [0.5, 0.6) is 0 Å². The minimum absolute atomic E-state index is 0.0974. The number of sulfone groups is 1. The second-order valence-electron chi connectivity index (χ2n) is 5.24. The Hall–Kier alpha value is -0.620. The third kappa shape index (κ3) is 4.45. The lowest BCUT2D eigenvalue weighted by Gasteiger charge is -2.24. The van der Waals surface area contributed by atoms with Crippen LogP contribution in [-0.4, -0.2) is 43.1 Å². The van der Waals surface area contributed by atoms with Crippen molar-refractivity contribution in [3.63, 3.8) is 0 Å². The Bertz CT molecular complexity index is 389. The first kappa shape index (κ1) is 16.4. The maximum atomic E-state index is 11.9. The van der Waals surface area contributed by atoms with Crippen molar-refractivity contribution in [1.82, 2.24) is 5.32 Å². The van der Waals surface area contributed by atoms with Crippen molar-refractivity contribution in [3.05, 3.63) is 0 Å². The van der Waals surface area contributed by atoms with Gasteiger partial charge in [-0.05, 0) is 18.8 Å². The van der Waals surface area contributed by atoms with Crippen LogP contribution in [0.1, 0.15) is 46.0 Å². The molecular formula is C13H25NO4S. The van der Waals surface area contributed by atoms with E-state index in [-0.39, 0.29) is 18.2 Å². The molecule has 1 amide bonds. The Balaban J connectivity index is 2.51. The maximum Gasteiger partial charge on any atom is 0.238 e. The smallest absolute Gasteiger partial charge is 0.238 e. The molecule has 1 saturated heterocycles. The van der Waals surface area contributed by atoms with Gasteiger partial charge in [-0.15, -0.1) is 0 Å². The van der Waals surface area contributed by atoms with E-state index in [2.05, 4.69) is 5.32 Å². The predicted octanol–water partition coefficient (Wildman–Crippen LogP) is 0.867. The quantitative estimate of drug-likeness (QED) is 0.760. The molecule has 1 fully saturated rings.